The van der Waals surface area contributed by atoms with Crippen molar-refractivity contribution < 1.29 is 9.53 Å². The molecule has 104 valence electrons. The summed E-state index contributed by atoms with van der Waals surface area (Å²) in [5.74, 6) is 0.598. The second-order valence-electron chi connectivity index (χ2n) is 4.34. The quantitative estimate of drug-likeness (QED) is 0.897. The molecule has 0 radical (unpaired) electrons. The molecule has 0 unspecified atom stereocenters. The Morgan fingerprint density at radius 3 is 2.75 bits per heavy atom. The highest BCUT2D eigenvalue weighted by Crippen LogP contribution is 2.27. The molecule has 20 heavy (non-hydrogen) atoms. The van der Waals surface area contributed by atoms with Gasteiger partial charge in [0.15, 0.2) is 0 Å². The number of nitrogens with one attached hydrogen (secondary N) is 1. The first-order valence-corrected chi connectivity index (χ1v) is 6.36. The zero-order valence-electron chi connectivity index (χ0n) is 11.5. The van der Waals surface area contributed by atoms with Crippen molar-refractivity contribution in [2.24, 2.45) is 5.73 Å². The minimum Gasteiger partial charge on any atom is -0.478 e. The molecule has 0 aliphatic heterocycles. The van der Waals surface area contributed by atoms with Gasteiger partial charge >= 0.3 is 6.03 Å². The summed E-state index contributed by atoms with van der Waals surface area (Å²) in [4.78, 5) is 15.1. The number of ether oxygens (including phenoxy) is 1. The number of rotatable bonds is 4. The molecule has 0 saturated carbocycles. The molecule has 0 aliphatic rings. The van der Waals surface area contributed by atoms with Crippen molar-refractivity contribution in [1.82, 2.24) is 4.98 Å². The third kappa shape index (κ3) is 3.26. The van der Waals surface area contributed by atoms with E-state index >= 15 is 0 Å². The van der Waals surface area contributed by atoms with Crippen LogP contribution in [0, 0.1) is 6.92 Å². The zero-order chi connectivity index (χ0) is 14.5. The molecule has 5 heteroatoms. The molecule has 2 aromatic rings. The highest BCUT2D eigenvalue weighted by molar-refractivity contribution is 5.89. The Morgan fingerprint density at radius 2 is 2.15 bits per heavy atom. The SMILES string of the molecule is CCOc1ccc(-c2cc(NC(N)=O)ccc2C)cn1. The first kappa shape index (κ1) is 13.9. The molecule has 1 heterocycles. The zero-order valence-corrected chi connectivity index (χ0v) is 11.5. The van der Waals surface area contributed by atoms with E-state index in [0.29, 0.717) is 18.2 Å². The van der Waals surface area contributed by atoms with Crippen LogP contribution in [0.5, 0.6) is 5.88 Å². The Hall–Kier alpha value is -2.56. The van der Waals surface area contributed by atoms with E-state index in [9.17, 15) is 4.79 Å². The van der Waals surface area contributed by atoms with Crippen LogP contribution in [0.2, 0.25) is 0 Å². The molecule has 2 amide bonds. The molecule has 0 saturated heterocycles. The van der Waals surface area contributed by atoms with Crippen LogP contribution in [0.25, 0.3) is 11.1 Å². The van der Waals surface area contributed by atoms with E-state index in [-0.39, 0.29) is 0 Å². The predicted molar refractivity (Wildman–Crippen MR) is 78.8 cm³/mol. The first-order valence-electron chi connectivity index (χ1n) is 6.36. The Balaban J connectivity index is 2.33. The van der Waals surface area contributed by atoms with Crippen LogP contribution in [0.4, 0.5) is 10.5 Å². The number of anilines is 1. The number of aryl methyl sites for hydroxylation is 1. The highest BCUT2D eigenvalue weighted by Gasteiger charge is 2.06. The lowest BCUT2D eigenvalue weighted by atomic mass is 10.0. The van der Waals surface area contributed by atoms with Gasteiger partial charge in [0.2, 0.25) is 5.88 Å². The summed E-state index contributed by atoms with van der Waals surface area (Å²) in [5, 5.41) is 2.57. The lowest BCUT2D eigenvalue weighted by molar-refractivity contribution is 0.259. The average molecular weight is 271 g/mol. The molecule has 1 aromatic carbocycles. The summed E-state index contributed by atoms with van der Waals surface area (Å²) in [6.07, 6.45) is 1.75. The summed E-state index contributed by atoms with van der Waals surface area (Å²) < 4.78 is 5.32. The fraction of sp³-hybridized carbons (Fsp3) is 0.200. The molecule has 2 rings (SSSR count). The van der Waals surface area contributed by atoms with Crippen LogP contribution in [-0.4, -0.2) is 17.6 Å². The van der Waals surface area contributed by atoms with Gasteiger partial charge in [0.1, 0.15) is 0 Å². The van der Waals surface area contributed by atoms with E-state index in [4.69, 9.17) is 10.5 Å². The maximum Gasteiger partial charge on any atom is 0.316 e. The Labute approximate surface area is 117 Å². The molecule has 1 aromatic heterocycles. The van der Waals surface area contributed by atoms with Gasteiger partial charge in [-0.25, -0.2) is 9.78 Å². The lowest BCUT2D eigenvalue weighted by Gasteiger charge is -2.10. The number of benzene rings is 1. The molecule has 3 N–H and O–H groups in total. The predicted octanol–water partition coefficient (Wildman–Crippen LogP) is 2.95. The molecule has 0 atom stereocenters. The van der Waals surface area contributed by atoms with Gasteiger partial charge in [-0.15, -0.1) is 0 Å². The summed E-state index contributed by atoms with van der Waals surface area (Å²) >= 11 is 0. The van der Waals surface area contributed by atoms with Crippen LogP contribution in [0.1, 0.15) is 12.5 Å². The lowest BCUT2D eigenvalue weighted by Crippen LogP contribution is -2.19. The number of amides is 2. The van der Waals surface area contributed by atoms with Gasteiger partial charge < -0.3 is 15.8 Å². The number of nitrogens with two attached hydrogens (primary N) is 1. The molecule has 0 spiro atoms. The van der Waals surface area contributed by atoms with Crippen molar-refractivity contribution in [2.75, 3.05) is 11.9 Å². The number of aromatic nitrogens is 1. The van der Waals surface area contributed by atoms with Gasteiger partial charge in [0.25, 0.3) is 0 Å². The van der Waals surface area contributed by atoms with Crippen LogP contribution < -0.4 is 15.8 Å². The van der Waals surface area contributed by atoms with E-state index < -0.39 is 6.03 Å². The van der Waals surface area contributed by atoms with Crippen LogP contribution >= 0.6 is 0 Å². The van der Waals surface area contributed by atoms with E-state index in [1.54, 1.807) is 6.20 Å². The molecule has 0 aliphatic carbocycles. The number of pyridine rings is 1. The fourth-order valence-electron chi connectivity index (χ4n) is 1.93. The average Bonchev–Trinajstić information content (AvgIpc) is 2.42. The maximum absolute atomic E-state index is 10.9. The van der Waals surface area contributed by atoms with E-state index in [1.807, 2.05) is 44.2 Å². The highest BCUT2D eigenvalue weighted by atomic mass is 16.5. The summed E-state index contributed by atoms with van der Waals surface area (Å²) in [5.41, 5.74) is 8.82. The van der Waals surface area contributed by atoms with Crippen molar-refractivity contribution >= 4 is 11.7 Å². The van der Waals surface area contributed by atoms with E-state index in [1.165, 1.54) is 0 Å². The second-order valence-corrected chi connectivity index (χ2v) is 4.34. The van der Waals surface area contributed by atoms with E-state index in [2.05, 4.69) is 10.3 Å². The summed E-state index contributed by atoms with van der Waals surface area (Å²) in [7, 11) is 0. The standard InChI is InChI=1S/C15H17N3O2/c1-3-20-14-7-5-11(9-17-14)13-8-12(18-15(16)19)6-4-10(13)2/h4-9H,3H2,1-2H3,(H3,16,18,19). The largest absolute Gasteiger partial charge is 0.478 e. The molecular formula is C15H17N3O2. The van der Waals surface area contributed by atoms with Crippen LogP contribution in [0.3, 0.4) is 0 Å². The number of carbonyl (C=O) groups excluding carboxylic acids is 1. The number of hydrogen-bond donors (Lipinski definition) is 2. The Morgan fingerprint density at radius 1 is 1.35 bits per heavy atom. The normalized spacial score (nSPS) is 10.1. The first-order chi connectivity index (χ1) is 9.60. The van der Waals surface area contributed by atoms with Gasteiger partial charge in [-0.3, -0.25) is 0 Å². The Kier molecular flexibility index (Phi) is 4.20. The summed E-state index contributed by atoms with van der Waals surface area (Å²) in [6, 6.07) is 8.80. The van der Waals surface area contributed by atoms with Gasteiger partial charge in [0.05, 0.1) is 6.61 Å². The minimum absolute atomic E-state index is 0.579. The van der Waals surface area contributed by atoms with Gasteiger partial charge in [-0.05, 0) is 43.2 Å². The topological polar surface area (TPSA) is 77.2 Å². The number of urea groups is 1. The number of primary amides is 1. The third-order valence-electron chi connectivity index (χ3n) is 2.84. The molecule has 0 fully saturated rings. The maximum atomic E-state index is 10.9. The van der Waals surface area contributed by atoms with Gasteiger partial charge in [0, 0.05) is 23.5 Å². The number of hydrogen-bond acceptors (Lipinski definition) is 3. The molecule has 0 bridgehead atoms. The second kappa shape index (κ2) is 6.06. The van der Waals surface area contributed by atoms with Crippen molar-refractivity contribution in [2.45, 2.75) is 13.8 Å². The molecular weight excluding hydrogens is 254 g/mol. The monoisotopic (exact) mass is 271 g/mol. The van der Waals surface area contributed by atoms with Crippen LogP contribution in [0.15, 0.2) is 36.5 Å². The smallest absolute Gasteiger partial charge is 0.316 e. The van der Waals surface area contributed by atoms with Crippen LogP contribution in [-0.2, 0) is 0 Å². The third-order valence-corrected chi connectivity index (χ3v) is 2.84. The fourth-order valence-corrected chi connectivity index (χ4v) is 1.93. The van der Waals surface area contributed by atoms with Crippen molar-refractivity contribution in [3.63, 3.8) is 0 Å². The van der Waals surface area contributed by atoms with Gasteiger partial charge in [-0.1, -0.05) is 6.07 Å². The van der Waals surface area contributed by atoms with Crippen molar-refractivity contribution in [3.05, 3.63) is 42.1 Å². The Bertz CT molecular complexity index is 609. The van der Waals surface area contributed by atoms with Crippen molar-refractivity contribution in [3.8, 4) is 17.0 Å². The summed E-state index contributed by atoms with van der Waals surface area (Å²) in [6.45, 7) is 4.50. The van der Waals surface area contributed by atoms with Gasteiger partial charge in [-0.2, -0.15) is 0 Å². The minimum atomic E-state index is -0.579. The van der Waals surface area contributed by atoms with Crippen molar-refractivity contribution in [1.29, 1.82) is 0 Å². The van der Waals surface area contributed by atoms with E-state index in [0.717, 1.165) is 16.7 Å². The number of nitrogens with zero attached hydrogens (tertiary/aromatic N) is 1. The number of carbonyl (C=O) groups is 1. The molecule has 5 nitrogen and oxygen atoms in total.